The molecule has 0 saturated carbocycles. The van der Waals surface area contributed by atoms with E-state index < -0.39 is 41.8 Å². The minimum absolute atomic E-state index is 0.246. The predicted octanol–water partition coefficient (Wildman–Crippen LogP) is 3.36. The van der Waals surface area contributed by atoms with E-state index in [1.54, 1.807) is 0 Å². The van der Waals surface area contributed by atoms with E-state index in [1.807, 2.05) is 4.98 Å². The number of aliphatic hydroxyl groups is 2. The number of H-pyrrole nitrogens is 1. The van der Waals surface area contributed by atoms with Crippen LogP contribution in [0.15, 0.2) is 15.8 Å². The third kappa shape index (κ3) is 10.9. The molecule has 2 rings (SSSR count). The fourth-order valence-corrected chi connectivity index (χ4v) is 4.50. The number of hydrogen-bond acceptors (Lipinski definition) is 8. The number of rotatable bonds is 19. The largest absolute Gasteiger partial charge is 0.463 e. The Morgan fingerprint density at radius 2 is 1.44 bits per heavy atom. The number of carbonyl (C=O) groups excluding carboxylic acids is 1. The smallest absolute Gasteiger partial charge is 0.347 e. The van der Waals surface area contributed by atoms with Gasteiger partial charge in [-0.05, 0) is 6.42 Å². The molecular weight excluding hydrogens is 466 g/mol. The number of aromatic amines is 1. The van der Waals surface area contributed by atoms with Gasteiger partial charge in [0.05, 0.1) is 0 Å². The Hall–Kier alpha value is -2.04. The first kappa shape index (κ1) is 30.2. The van der Waals surface area contributed by atoms with Crippen molar-refractivity contribution in [3.8, 4) is 0 Å². The van der Waals surface area contributed by atoms with Crippen molar-refractivity contribution < 1.29 is 24.5 Å². The zero-order valence-corrected chi connectivity index (χ0v) is 21.7. The van der Waals surface area contributed by atoms with Crippen molar-refractivity contribution in [2.24, 2.45) is 0 Å². The molecule has 0 aromatic carbocycles. The number of carbonyl (C=O) groups is 1. The normalized spacial score (nSPS) is 21.6. The molecule has 10 nitrogen and oxygen atoms in total. The first-order valence-corrected chi connectivity index (χ1v) is 13.8. The van der Waals surface area contributed by atoms with Crippen molar-refractivity contribution in [3.05, 3.63) is 27.0 Å². The molecule has 1 aliphatic rings. The van der Waals surface area contributed by atoms with Gasteiger partial charge in [-0.25, -0.2) is 4.79 Å². The highest BCUT2D eigenvalue weighted by Crippen LogP contribution is 2.28. The van der Waals surface area contributed by atoms with Gasteiger partial charge in [0, 0.05) is 6.42 Å². The molecule has 1 unspecified atom stereocenters. The van der Waals surface area contributed by atoms with Crippen molar-refractivity contribution in [2.75, 3.05) is 6.61 Å². The Morgan fingerprint density at radius 3 is 1.97 bits per heavy atom. The molecule has 36 heavy (non-hydrogen) atoms. The molecule has 10 heteroatoms. The van der Waals surface area contributed by atoms with E-state index in [0.29, 0.717) is 0 Å². The molecule has 4 atom stereocenters. The van der Waals surface area contributed by atoms with E-state index in [9.17, 15) is 24.6 Å². The predicted molar refractivity (Wildman–Crippen MR) is 136 cm³/mol. The van der Waals surface area contributed by atoms with Gasteiger partial charge in [0.1, 0.15) is 31.1 Å². The number of esters is 1. The lowest BCUT2D eigenvalue weighted by atomic mass is 10.0. The van der Waals surface area contributed by atoms with Crippen LogP contribution in [0.3, 0.4) is 0 Å². The van der Waals surface area contributed by atoms with Gasteiger partial charge in [-0.15, -0.1) is 0 Å². The fourth-order valence-electron chi connectivity index (χ4n) is 4.50. The van der Waals surface area contributed by atoms with Crippen molar-refractivity contribution in [1.29, 1.82) is 0 Å². The standard InChI is InChI=1S/C26H45N3O7/c1-2-3-4-5-6-7-8-9-10-11-12-13-14-15-16-17-22(31)35-19-20-23(32)24(33)25(36-20)29-26(34)28-21(30)18-27-29/h18,20,23-25,32-33H,2-17,19H2,1H3,(H,28,30,34)/t20-,23+,24?,25-/m1/s1. The summed E-state index contributed by atoms with van der Waals surface area (Å²) in [7, 11) is 0. The first-order chi connectivity index (χ1) is 17.4. The molecule has 0 bridgehead atoms. The molecule has 206 valence electrons. The highest BCUT2D eigenvalue weighted by atomic mass is 16.6. The van der Waals surface area contributed by atoms with E-state index in [1.165, 1.54) is 77.0 Å². The maximum absolute atomic E-state index is 12.0. The van der Waals surface area contributed by atoms with Gasteiger partial charge in [0.2, 0.25) is 0 Å². The number of aromatic nitrogens is 3. The molecule has 0 radical (unpaired) electrons. The summed E-state index contributed by atoms with van der Waals surface area (Å²) < 4.78 is 11.4. The molecule has 1 aliphatic heterocycles. The summed E-state index contributed by atoms with van der Waals surface area (Å²) in [5, 5.41) is 24.0. The van der Waals surface area contributed by atoms with E-state index in [4.69, 9.17) is 9.47 Å². The molecule has 0 aliphatic carbocycles. The second-order valence-electron chi connectivity index (χ2n) is 9.81. The van der Waals surface area contributed by atoms with Gasteiger partial charge in [-0.1, -0.05) is 96.8 Å². The summed E-state index contributed by atoms with van der Waals surface area (Å²) in [5.74, 6) is -0.391. The van der Waals surface area contributed by atoms with Crippen LogP contribution in [-0.2, 0) is 14.3 Å². The molecule has 1 saturated heterocycles. The second kappa shape index (κ2) is 17.4. The van der Waals surface area contributed by atoms with E-state index >= 15 is 0 Å². The monoisotopic (exact) mass is 511 g/mol. The number of ether oxygens (including phenoxy) is 2. The van der Waals surface area contributed by atoms with Gasteiger partial charge in [0.15, 0.2) is 6.23 Å². The van der Waals surface area contributed by atoms with Gasteiger partial charge >= 0.3 is 11.7 Å². The number of nitrogens with zero attached hydrogens (tertiary/aromatic N) is 2. The third-order valence-corrected chi connectivity index (χ3v) is 6.71. The van der Waals surface area contributed by atoms with Crippen molar-refractivity contribution >= 4 is 5.97 Å². The van der Waals surface area contributed by atoms with Crippen LogP contribution in [0.4, 0.5) is 0 Å². The molecule has 0 amide bonds. The number of aliphatic hydroxyl groups excluding tert-OH is 2. The van der Waals surface area contributed by atoms with Crippen LogP contribution >= 0.6 is 0 Å². The van der Waals surface area contributed by atoms with E-state index in [-0.39, 0.29) is 13.0 Å². The molecule has 0 spiro atoms. The molecule has 2 heterocycles. The molecule has 3 N–H and O–H groups in total. The minimum Gasteiger partial charge on any atom is -0.463 e. The number of hydrogen-bond donors (Lipinski definition) is 3. The summed E-state index contributed by atoms with van der Waals surface area (Å²) in [6, 6.07) is 0. The van der Waals surface area contributed by atoms with E-state index in [2.05, 4.69) is 12.0 Å². The lowest BCUT2D eigenvalue weighted by molar-refractivity contribution is -0.150. The quantitative estimate of drug-likeness (QED) is 0.189. The zero-order valence-electron chi connectivity index (χ0n) is 21.7. The first-order valence-electron chi connectivity index (χ1n) is 13.8. The van der Waals surface area contributed by atoms with Gasteiger partial charge in [0.25, 0.3) is 5.56 Å². The van der Waals surface area contributed by atoms with Crippen LogP contribution in [0, 0.1) is 0 Å². The second-order valence-corrected chi connectivity index (χ2v) is 9.81. The fraction of sp³-hybridized carbons (Fsp3) is 0.846. The Kier molecular flexibility index (Phi) is 14.6. The van der Waals surface area contributed by atoms with Crippen LogP contribution in [0.1, 0.15) is 116 Å². The van der Waals surface area contributed by atoms with Crippen LogP contribution in [0.2, 0.25) is 0 Å². The Balaban J connectivity index is 1.47. The van der Waals surface area contributed by atoms with Crippen LogP contribution in [0.25, 0.3) is 0 Å². The number of nitrogens with one attached hydrogen (secondary N) is 1. The summed E-state index contributed by atoms with van der Waals surface area (Å²) in [6.07, 6.45) is 14.8. The molecular formula is C26H45N3O7. The van der Waals surface area contributed by atoms with Gasteiger partial charge < -0.3 is 19.7 Å². The third-order valence-electron chi connectivity index (χ3n) is 6.71. The van der Waals surface area contributed by atoms with Crippen molar-refractivity contribution in [2.45, 2.75) is 134 Å². The van der Waals surface area contributed by atoms with Crippen LogP contribution in [-0.4, -0.2) is 55.9 Å². The highest BCUT2D eigenvalue weighted by molar-refractivity contribution is 5.69. The summed E-state index contributed by atoms with van der Waals surface area (Å²) >= 11 is 0. The van der Waals surface area contributed by atoms with E-state index in [0.717, 1.165) is 30.1 Å². The zero-order chi connectivity index (χ0) is 26.2. The maximum atomic E-state index is 12.0. The average Bonchev–Trinajstić information content (AvgIpc) is 3.13. The highest BCUT2D eigenvalue weighted by Gasteiger charge is 2.45. The maximum Gasteiger partial charge on any atom is 0.347 e. The molecule has 1 fully saturated rings. The minimum atomic E-state index is -1.46. The lowest BCUT2D eigenvalue weighted by Gasteiger charge is -2.15. The Morgan fingerprint density at radius 1 is 0.917 bits per heavy atom. The van der Waals surface area contributed by atoms with Gasteiger partial charge in [-0.2, -0.15) is 9.78 Å². The Bertz CT molecular complexity index is 856. The topological polar surface area (TPSA) is 144 Å². The summed E-state index contributed by atoms with van der Waals surface area (Å²) in [5.41, 5.74) is -1.56. The number of unbranched alkanes of at least 4 members (excludes halogenated alkanes) is 14. The van der Waals surface area contributed by atoms with Gasteiger partial charge in [-0.3, -0.25) is 14.6 Å². The van der Waals surface area contributed by atoms with Crippen LogP contribution in [0.5, 0.6) is 0 Å². The SMILES string of the molecule is CCCCCCCCCCCCCCCCCC(=O)OC[C@H]1O[C@@H](n2ncc(=O)[nH]c2=O)C(O)[C@H]1O. The van der Waals surface area contributed by atoms with Crippen molar-refractivity contribution in [3.63, 3.8) is 0 Å². The average molecular weight is 512 g/mol. The lowest BCUT2D eigenvalue weighted by Crippen LogP contribution is -2.39. The summed E-state index contributed by atoms with van der Waals surface area (Å²) in [6.45, 7) is 2.01. The van der Waals surface area contributed by atoms with Crippen LogP contribution < -0.4 is 11.2 Å². The molecule has 1 aromatic rings. The summed E-state index contributed by atoms with van der Waals surface area (Å²) in [4.78, 5) is 37.1. The van der Waals surface area contributed by atoms with Crippen molar-refractivity contribution in [1.82, 2.24) is 14.8 Å². The molecule has 1 aromatic heterocycles. The Labute approximate surface area is 213 Å².